The van der Waals surface area contributed by atoms with Crippen LogP contribution in [0.3, 0.4) is 0 Å². The van der Waals surface area contributed by atoms with Crippen molar-refractivity contribution >= 4 is 5.97 Å². The van der Waals surface area contributed by atoms with Crippen LogP contribution in [0.2, 0.25) is 0 Å². The molecule has 0 aliphatic carbocycles. The quantitative estimate of drug-likeness (QED) is 0.809. The average Bonchev–Trinajstić information content (AvgIpc) is 2.87. The summed E-state index contributed by atoms with van der Waals surface area (Å²) in [6.45, 7) is 0. The molecule has 2 rings (SSSR count). The largest absolute Gasteiger partial charge is 0.497 e. The highest BCUT2D eigenvalue weighted by Crippen LogP contribution is 2.28. The molecular formula is C13H17NO3. The fourth-order valence-electron chi connectivity index (χ4n) is 2.17. The average molecular weight is 235 g/mol. The second kappa shape index (κ2) is 5.19. The first-order valence-corrected chi connectivity index (χ1v) is 5.72. The van der Waals surface area contributed by atoms with Crippen LogP contribution in [0.1, 0.15) is 24.4 Å². The maximum absolute atomic E-state index is 11.4. The molecule has 1 saturated heterocycles. The predicted octanol–water partition coefficient (Wildman–Crippen LogP) is 1.66. The Hall–Kier alpha value is -1.55. The van der Waals surface area contributed by atoms with Crippen molar-refractivity contribution in [3.63, 3.8) is 0 Å². The molecule has 1 aromatic rings. The molecule has 0 radical (unpaired) electrons. The minimum atomic E-state index is -0.180. The van der Waals surface area contributed by atoms with Gasteiger partial charge in [0, 0.05) is 6.04 Å². The van der Waals surface area contributed by atoms with E-state index in [1.807, 2.05) is 24.3 Å². The number of hydrogen-bond acceptors (Lipinski definition) is 4. The Bertz CT molecular complexity index is 388. The maximum atomic E-state index is 11.4. The minimum Gasteiger partial charge on any atom is -0.497 e. The topological polar surface area (TPSA) is 47.6 Å². The molecule has 0 unspecified atom stereocenters. The standard InChI is InChI=1S/C13H17NO3/c1-16-10-5-3-9(4-6-10)11-7-8-12(14-11)13(15)17-2/h3-6,11-12,14H,7-8H2,1-2H3/t11-,12-/m0/s1. The van der Waals surface area contributed by atoms with E-state index < -0.39 is 0 Å². The van der Waals surface area contributed by atoms with Crippen LogP contribution in [0.15, 0.2) is 24.3 Å². The van der Waals surface area contributed by atoms with Gasteiger partial charge in [0.25, 0.3) is 0 Å². The molecule has 17 heavy (non-hydrogen) atoms. The summed E-state index contributed by atoms with van der Waals surface area (Å²) in [7, 11) is 3.07. The minimum absolute atomic E-state index is 0.174. The van der Waals surface area contributed by atoms with Crippen molar-refractivity contribution in [1.29, 1.82) is 0 Å². The monoisotopic (exact) mass is 235 g/mol. The number of rotatable bonds is 3. The molecule has 1 aliphatic rings. The number of hydrogen-bond donors (Lipinski definition) is 1. The molecule has 2 atom stereocenters. The summed E-state index contributed by atoms with van der Waals surface area (Å²) >= 11 is 0. The van der Waals surface area contributed by atoms with Gasteiger partial charge in [-0.1, -0.05) is 12.1 Å². The van der Waals surface area contributed by atoms with Crippen LogP contribution in [0.5, 0.6) is 5.75 Å². The highest BCUT2D eigenvalue weighted by Gasteiger charge is 2.30. The van der Waals surface area contributed by atoms with Crippen molar-refractivity contribution in [3.05, 3.63) is 29.8 Å². The van der Waals surface area contributed by atoms with E-state index in [0.29, 0.717) is 0 Å². The molecule has 4 heteroatoms. The van der Waals surface area contributed by atoms with Gasteiger partial charge in [-0.05, 0) is 30.5 Å². The molecule has 92 valence electrons. The number of carbonyl (C=O) groups excluding carboxylic acids is 1. The van der Waals surface area contributed by atoms with Crippen LogP contribution in [0, 0.1) is 0 Å². The lowest BCUT2D eigenvalue weighted by Crippen LogP contribution is -2.33. The van der Waals surface area contributed by atoms with E-state index in [9.17, 15) is 4.79 Å². The van der Waals surface area contributed by atoms with Gasteiger partial charge in [0.15, 0.2) is 0 Å². The van der Waals surface area contributed by atoms with Crippen LogP contribution >= 0.6 is 0 Å². The van der Waals surface area contributed by atoms with E-state index in [4.69, 9.17) is 9.47 Å². The number of benzene rings is 1. The van der Waals surface area contributed by atoms with E-state index in [-0.39, 0.29) is 18.1 Å². The second-order valence-electron chi connectivity index (χ2n) is 4.15. The number of methoxy groups -OCH3 is 2. The molecule has 1 aliphatic heterocycles. The summed E-state index contributed by atoms with van der Waals surface area (Å²) in [6.07, 6.45) is 1.77. The Balaban J connectivity index is 2.02. The molecule has 4 nitrogen and oxygen atoms in total. The van der Waals surface area contributed by atoms with Gasteiger partial charge in [-0.3, -0.25) is 10.1 Å². The van der Waals surface area contributed by atoms with Gasteiger partial charge in [-0.15, -0.1) is 0 Å². The third-order valence-electron chi connectivity index (χ3n) is 3.15. The molecule has 1 heterocycles. The summed E-state index contributed by atoms with van der Waals surface area (Å²) in [5.74, 6) is 0.664. The second-order valence-corrected chi connectivity index (χ2v) is 4.15. The summed E-state index contributed by atoms with van der Waals surface area (Å²) in [4.78, 5) is 11.4. The lowest BCUT2D eigenvalue weighted by molar-refractivity contribution is -0.142. The summed E-state index contributed by atoms with van der Waals surface area (Å²) in [6, 6.07) is 7.97. The van der Waals surface area contributed by atoms with Crippen molar-refractivity contribution in [2.24, 2.45) is 0 Å². The number of carbonyl (C=O) groups is 1. The van der Waals surface area contributed by atoms with E-state index >= 15 is 0 Å². The lowest BCUT2D eigenvalue weighted by atomic mass is 10.1. The van der Waals surface area contributed by atoms with E-state index in [1.165, 1.54) is 12.7 Å². The molecule has 0 saturated carbocycles. The molecule has 1 aromatic carbocycles. The van der Waals surface area contributed by atoms with Crippen molar-refractivity contribution in [1.82, 2.24) is 5.32 Å². The Kier molecular flexibility index (Phi) is 3.64. The van der Waals surface area contributed by atoms with Crippen LogP contribution in [-0.2, 0) is 9.53 Å². The first kappa shape index (κ1) is 11.9. The zero-order chi connectivity index (χ0) is 12.3. The zero-order valence-electron chi connectivity index (χ0n) is 10.1. The molecule has 1 N–H and O–H groups in total. The third kappa shape index (κ3) is 2.58. The van der Waals surface area contributed by atoms with Crippen molar-refractivity contribution in [2.75, 3.05) is 14.2 Å². The van der Waals surface area contributed by atoms with Crippen LogP contribution < -0.4 is 10.1 Å². The zero-order valence-corrected chi connectivity index (χ0v) is 10.1. The van der Waals surface area contributed by atoms with E-state index in [0.717, 1.165) is 18.6 Å². The smallest absolute Gasteiger partial charge is 0.322 e. The third-order valence-corrected chi connectivity index (χ3v) is 3.15. The first-order valence-electron chi connectivity index (χ1n) is 5.72. The van der Waals surface area contributed by atoms with Crippen LogP contribution in [-0.4, -0.2) is 26.2 Å². The van der Waals surface area contributed by atoms with Gasteiger partial charge in [0.05, 0.1) is 14.2 Å². The Morgan fingerprint density at radius 2 is 1.94 bits per heavy atom. The predicted molar refractivity (Wildman–Crippen MR) is 63.9 cm³/mol. The van der Waals surface area contributed by atoms with Crippen molar-refractivity contribution < 1.29 is 14.3 Å². The first-order chi connectivity index (χ1) is 8.24. The van der Waals surface area contributed by atoms with E-state index in [1.54, 1.807) is 7.11 Å². The summed E-state index contributed by atoms with van der Waals surface area (Å²) in [5.41, 5.74) is 1.18. The number of esters is 1. The van der Waals surface area contributed by atoms with Crippen molar-refractivity contribution in [3.8, 4) is 5.75 Å². The van der Waals surface area contributed by atoms with Gasteiger partial charge < -0.3 is 9.47 Å². The van der Waals surface area contributed by atoms with Gasteiger partial charge in [-0.25, -0.2) is 0 Å². The molecule has 0 spiro atoms. The molecular weight excluding hydrogens is 218 g/mol. The Labute approximate surface area is 101 Å². The van der Waals surface area contributed by atoms with Gasteiger partial charge in [0.2, 0.25) is 0 Å². The van der Waals surface area contributed by atoms with Crippen LogP contribution in [0.25, 0.3) is 0 Å². The van der Waals surface area contributed by atoms with E-state index in [2.05, 4.69) is 5.32 Å². The number of ether oxygens (including phenoxy) is 2. The van der Waals surface area contributed by atoms with Gasteiger partial charge in [0.1, 0.15) is 11.8 Å². The maximum Gasteiger partial charge on any atom is 0.322 e. The Morgan fingerprint density at radius 3 is 2.53 bits per heavy atom. The summed E-state index contributed by atoms with van der Waals surface area (Å²) in [5, 5.41) is 3.28. The number of nitrogens with one attached hydrogen (secondary N) is 1. The Morgan fingerprint density at radius 1 is 1.24 bits per heavy atom. The molecule has 1 fully saturated rings. The van der Waals surface area contributed by atoms with Crippen LogP contribution in [0.4, 0.5) is 0 Å². The van der Waals surface area contributed by atoms with Gasteiger partial charge in [-0.2, -0.15) is 0 Å². The highest BCUT2D eigenvalue weighted by molar-refractivity contribution is 5.76. The highest BCUT2D eigenvalue weighted by atomic mass is 16.5. The normalized spacial score (nSPS) is 23.4. The lowest BCUT2D eigenvalue weighted by Gasteiger charge is -2.13. The molecule has 0 amide bonds. The molecule has 0 bridgehead atoms. The fraction of sp³-hybridized carbons (Fsp3) is 0.462. The van der Waals surface area contributed by atoms with Gasteiger partial charge >= 0.3 is 5.97 Å². The summed E-state index contributed by atoms with van der Waals surface area (Å²) < 4.78 is 9.85. The fourth-order valence-corrected chi connectivity index (χ4v) is 2.17. The SMILES string of the molecule is COC(=O)[C@@H]1CC[C@@H](c2ccc(OC)cc2)N1. The van der Waals surface area contributed by atoms with Crippen molar-refractivity contribution in [2.45, 2.75) is 24.9 Å². The molecule has 0 aromatic heterocycles.